The van der Waals surface area contributed by atoms with Crippen LogP contribution in [0.2, 0.25) is 5.15 Å². The third kappa shape index (κ3) is 4.62. The normalized spacial score (nSPS) is 12.3. The van der Waals surface area contributed by atoms with Gasteiger partial charge >= 0.3 is 12.3 Å². The van der Waals surface area contributed by atoms with E-state index in [2.05, 4.69) is 9.72 Å². The van der Waals surface area contributed by atoms with Crippen LogP contribution in [0.1, 0.15) is 12.1 Å². The Morgan fingerprint density at radius 3 is 2.59 bits per heavy atom. The quantitative estimate of drug-likeness (QED) is 0.575. The molecule has 0 aliphatic carbocycles. The number of nitrogens with zero attached hydrogens (tertiary/aromatic N) is 2. The van der Waals surface area contributed by atoms with Crippen molar-refractivity contribution in [3.05, 3.63) is 53.3 Å². The number of ether oxygens (including phenoxy) is 1. The van der Waals surface area contributed by atoms with Crippen molar-refractivity contribution in [2.24, 2.45) is 0 Å². The fourth-order valence-corrected chi connectivity index (χ4v) is 4.47. The van der Waals surface area contributed by atoms with Crippen LogP contribution >= 0.6 is 11.6 Å². The Balaban J connectivity index is 2.16. The third-order valence-corrected chi connectivity index (χ3v) is 5.80. The Morgan fingerprint density at radius 2 is 1.93 bits per heavy atom. The molecule has 12 heteroatoms. The van der Waals surface area contributed by atoms with Crippen molar-refractivity contribution in [1.82, 2.24) is 8.96 Å². The first kappa shape index (κ1) is 20.9. The van der Waals surface area contributed by atoms with Crippen LogP contribution in [0.25, 0.3) is 11.0 Å². The average molecular weight is 449 g/mol. The first-order valence-electron chi connectivity index (χ1n) is 7.97. The SMILES string of the molecule is O=C(O)CCc1cc2nc(Cl)ccc2n1S(=O)(=O)c1cccc(OC(F)(F)F)c1. The summed E-state index contributed by atoms with van der Waals surface area (Å²) in [5, 5.41) is 9.03. The van der Waals surface area contributed by atoms with Crippen LogP contribution in [0.5, 0.6) is 5.75 Å². The van der Waals surface area contributed by atoms with E-state index < -0.39 is 33.0 Å². The van der Waals surface area contributed by atoms with E-state index in [4.69, 9.17) is 16.7 Å². The lowest BCUT2D eigenvalue weighted by molar-refractivity contribution is -0.274. The second-order valence-corrected chi connectivity index (χ2v) is 8.03. The number of aromatic nitrogens is 2. The topological polar surface area (TPSA) is 98.5 Å². The number of rotatable bonds is 6. The lowest BCUT2D eigenvalue weighted by Crippen LogP contribution is -2.19. The molecule has 0 saturated heterocycles. The number of fused-ring (bicyclic) bond motifs is 1. The van der Waals surface area contributed by atoms with E-state index in [1.807, 2.05) is 0 Å². The number of aliphatic carboxylic acids is 1. The molecule has 2 aromatic heterocycles. The van der Waals surface area contributed by atoms with E-state index in [-0.39, 0.29) is 34.7 Å². The van der Waals surface area contributed by atoms with Gasteiger partial charge in [0.05, 0.1) is 22.3 Å². The highest BCUT2D eigenvalue weighted by molar-refractivity contribution is 7.90. The molecule has 0 bridgehead atoms. The van der Waals surface area contributed by atoms with Crippen molar-refractivity contribution < 1.29 is 36.2 Å². The molecule has 0 saturated carbocycles. The van der Waals surface area contributed by atoms with Crippen molar-refractivity contribution in [3.8, 4) is 5.75 Å². The number of hydrogen-bond acceptors (Lipinski definition) is 5. The summed E-state index contributed by atoms with van der Waals surface area (Å²) in [6.45, 7) is 0. The van der Waals surface area contributed by atoms with Gasteiger partial charge in [-0.15, -0.1) is 13.2 Å². The summed E-state index contributed by atoms with van der Waals surface area (Å²) >= 11 is 5.83. The van der Waals surface area contributed by atoms with Gasteiger partial charge in [0.1, 0.15) is 10.9 Å². The van der Waals surface area contributed by atoms with Crippen LogP contribution in [-0.2, 0) is 21.2 Å². The highest BCUT2D eigenvalue weighted by atomic mass is 35.5. The summed E-state index contributed by atoms with van der Waals surface area (Å²) < 4.78 is 68.5. The van der Waals surface area contributed by atoms with E-state index in [1.165, 1.54) is 18.2 Å². The molecule has 0 spiro atoms. The van der Waals surface area contributed by atoms with Gasteiger partial charge in [0, 0.05) is 11.8 Å². The standard InChI is InChI=1S/C17H12ClF3N2O5S/c18-15-6-5-14-13(22-15)8-10(4-7-16(24)25)23(14)29(26,27)12-3-1-2-11(9-12)28-17(19,20)21/h1-3,5-6,8-9H,4,7H2,(H,24,25). The molecular weight excluding hydrogens is 437 g/mol. The van der Waals surface area contributed by atoms with Crippen LogP contribution in [-0.4, -0.2) is 34.8 Å². The third-order valence-electron chi connectivity index (χ3n) is 3.82. The largest absolute Gasteiger partial charge is 0.573 e. The molecule has 29 heavy (non-hydrogen) atoms. The minimum Gasteiger partial charge on any atom is -0.481 e. The summed E-state index contributed by atoms with van der Waals surface area (Å²) in [6.07, 6.45) is -5.51. The number of alkyl halides is 3. The summed E-state index contributed by atoms with van der Waals surface area (Å²) in [6, 6.07) is 8.01. The molecule has 0 amide bonds. The van der Waals surface area contributed by atoms with E-state index in [0.717, 1.165) is 28.2 Å². The number of aryl methyl sites for hydroxylation is 1. The molecule has 1 aromatic carbocycles. The maximum atomic E-state index is 13.2. The summed E-state index contributed by atoms with van der Waals surface area (Å²) in [4.78, 5) is 14.5. The van der Waals surface area contributed by atoms with Crippen LogP contribution in [0, 0.1) is 0 Å². The van der Waals surface area contributed by atoms with E-state index >= 15 is 0 Å². The Labute approximate surface area is 167 Å². The lowest BCUT2D eigenvalue weighted by Gasteiger charge is -2.13. The zero-order chi connectivity index (χ0) is 21.4. The van der Waals surface area contributed by atoms with E-state index in [0.29, 0.717) is 0 Å². The van der Waals surface area contributed by atoms with Gasteiger partial charge in [-0.25, -0.2) is 17.4 Å². The first-order valence-corrected chi connectivity index (χ1v) is 9.79. The lowest BCUT2D eigenvalue weighted by atomic mass is 10.2. The molecular formula is C17H12ClF3N2O5S. The first-order chi connectivity index (χ1) is 13.5. The van der Waals surface area contributed by atoms with Gasteiger partial charge in [0.25, 0.3) is 10.0 Å². The Kier molecular flexibility index (Phi) is 5.46. The fourth-order valence-electron chi connectivity index (χ4n) is 2.72. The van der Waals surface area contributed by atoms with Gasteiger partial charge in [0.15, 0.2) is 0 Å². The molecule has 1 N–H and O–H groups in total. The van der Waals surface area contributed by atoms with Crippen molar-refractivity contribution >= 4 is 38.6 Å². The maximum absolute atomic E-state index is 13.2. The Morgan fingerprint density at radius 1 is 1.21 bits per heavy atom. The van der Waals surface area contributed by atoms with Gasteiger partial charge < -0.3 is 9.84 Å². The minimum atomic E-state index is -4.99. The molecule has 3 aromatic rings. The van der Waals surface area contributed by atoms with Crippen molar-refractivity contribution in [3.63, 3.8) is 0 Å². The number of hydrogen-bond donors (Lipinski definition) is 1. The van der Waals surface area contributed by atoms with Crippen LogP contribution in [0.15, 0.2) is 47.4 Å². The fraction of sp³-hybridized carbons (Fsp3) is 0.176. The summed E-state index contributed by atoms with van der Waals surface area (Å²) in [7, 11) is -4.40. The van der Waals surface area contributed by atoms with E-state index in [1.54, 1.807) is 0 Å². The van der Waals surface area contributed by atoms with Crippen LogP contribution in [0.4, 0.5) is 13.2 Å². The highest BCUT2D eigenvalue weighted by Crippen LogP contribution is 2.30. The van der Waals surface area contributed by atoms with Crippen molar-refractivity contribution in [1.29, 1.82) is 0 Å². The number of pyridine rings is 1. The molecule has 0 fully saturated rings. The Hall–Kier alpha value is -2.79. The number of carboxylic acid groups (broad SMARTS) is 1. The van der Waals surface area contributed by atoms with Crippen molar-refractivity contribution in [2.45, 2.75) is 24.1 Å². The van der Waals surface area contributed by atoms with Crippen LogP contribution in [0.3, 0.4) is 0 Å². The zero-order valence-electron chi connectivity index (χ0n) is 14.4. The monoisotopic (exact) mass is 448 g/mol. The molecule has 7 nitrogen and oxygen atoms in total. The molecule has 0 radical (unpaired) electrons. The molecule has 0 unspecified atom stereocenters. The number of carbonyl (C=O) groups is 1. The molecule has 154 valence electrons. The van der Waals surface area contributed by atoms with Gasteiger partial charge in [-0.2, -0.15) is 0 Å². The number of carboxylic acids is 1. The maximum Gasteiger partial charge on any atom is 0.573 e. The van der Waals surface area contributed by atoms with Gasteiger partial charge in [-0.3, -0.25) is 4.79 Å². The predicted molar refractivity (Wildman–Crippen MR) is 96.4 cm³/mol. The van der Waals surface area contributed by atoms with Gasteiger partial charge in [-0.05, 0) is 36.8 Å². The highest BCUT2D eigenvalue weighted by Gasteiger charge is 2.32. The molecule has 2 heterocycles. The average Bonchev–Trinajstić information content (AvgIpc) is 2.96. The number of benzene rings is 1. The summed E-state index contributed by atoms with van der Waals surface area (Å²) in [5.74, 6) is -1.85. The smallest absolute Gasteiger partial charge is 0.481 e. The second-order valence-electron chi connectivity index (χ2n) is 5.86. The Bertz CT molecular complexity index is 1190. The predicted octanol–water partition coefficient (Wildman–Crippen LogP) is 3.84. The molecule has 0 atom stereocenters. The van der Waals surface area contributed by atoms with Crippen molar-refractivity contribution in [2.75, 3.05) is 0 Å². The molecule has 0 aliphatic heterocycles. The van der Waals surface area contributed by atoms with E-state index in [9.17, 15) is 26.4 Å². The minimum absolute atomic E-state index is 0.0948. The molecule has 0 aliphatic rings. The van der Waals surface area contributed by atoms with Gasteiger partial charge in [0.2, 0.25) is 0 Å². The zero-order valence-corrected chi connectivity index (χ0v) is 15.9. The van der Waals surface area contributed by atoms with Gasteiger partial charge in [-0.1, -0.05) is 17.7 Å². The molecule has 3 rings (SSSR count). The number of halogens is 4. The van der Waals surface area contributed by atoms with Crippen LogP contribution < -0.4 is 4.74 Å². The second kappa shape index (κ2) is 7.56. The summed E-state index contributed by atoms with van der Waals surface area (Å²) in [5.41, 5.74) is 0.403.